The molecule has 2 radical (unpaired) electrons. The number of pyridine rings is 1. The fourth-order valence-corrected chi connectivity index (χ4v) is 2.84. The Morgan fingerprint density at radius 3 is 2.72 bits per heavy atom. The predicted molar refractivity (Wildman–Crippen MR) is 88.2 cm³/mol. The largest absolute Gasteiger partial charge is 0.472 e. The smallest absolute Gasteiger partial charge is 0.417 e. The number of ether oxygens (including phenoxy) is 1. The molecule has 8 heteroatoms. The Bertz CT molecular complexity index is 738. The third-order valence-corrected chi connectivity index (χ3v) is 4.12. The van der Waals surface area contributed by atoms with Gasteiger partial charge in [0.2, 0.25) is 5.88 Å². The molecule has 1 fully saturated rings. The Morgan fingerprint density at radius 1 is 1.28 bits per heavy atom. The van der Waals surface area contributed by atoms with Crippen LogP contribution >= 0.6 is 0 Å². The monoisotopic (exact) mass is 348 g/mol. The molecular formula is C17H16BF3N2O2. The fraction of sp³-hybridized carbons (Fsp3) is 0.353. The fourth-order valence-electron chi connectivity index (χ4n) is 2.84. The predicted octanol–water partition coefficient (Wildman–Crippen LogP) is 2.04. The second-order valence-corrected chi connectivity index (χ2v) is 5.90. The number of anilines is 1. The molecule has 0 spiro atoms. The number of hydrogen-bond acceptors (Lipinski definition) is 4. The molecule has 2 heterocycles. The first-order valence-electron chi connectivity index (χ1n) is 7.81. The maximum absolute atomic E-state index is 12.5. The van der Waals surface area contributed by atoms with Crippen molar-refractivity contribution < 1.29 is 23.0 Å². The van der Waals surface area contributed by atoms with Crippen LogP contribution in [0.3, 0.4) is 0 Å². The summed E-state index contributed by atoms with van der Waals surface area (Å²) >= 11 is 0. The highest BCUT2D eigenvalue weighted by Crippen LogP contribution is 2.30. The molecule has 0 bridgehead atoms. The van der Waals surface area contributed by atoms with E-state index in [1.54, 1.807) is 18.2 Å². The van der Waals surface area contributed by atoms with E-state index in [1.165, 1.54) is 6.07 Å². The minimum Gasteiger partial charge on any atom is -0.472 e. The van der Waals surface area contributed by atoms with Crippen molar-refractivity contribution in [3.63, 3.8) is 0 Å². The first-order chi connectivity index (χ1) is 11.9. The number of halogens is 3. The number of aliphatic hydroxyl groups excluding tert-OH is 1. The van der Waals surface area contributed by atoms with Crippen LogP contribution in [0, 0.1) is 0 Å². The number of aliphatic hydroxyl groups is 1. The van der Waals surface area contributed by atoms with Crippen molar-refractivity contribution in [3.8, 4) is 5.88 Å². The van der Waals surface area contributed by atoms with Crippen molar-refractivity contribution in [1.29, 1.82) is 0 Å². The average molecular weight is 348 g/mol. The third kappa shape index (κ3) is 4.07. The summed E-state index contributed by atoms with van der Waals surface area (Å²) < 4.78 is 43.3. The van der Waals surface area contributed by atoms with Crippen LogP contribution in [0.2, 0.25) is 0 Å². The zero-order valence-corrected chi connectivity index (χ0v) is 13.3. The normalized spacial score (nSPS) is 17.8. The highest BCUT2D eigenvalue weighted by molar-refractivity contribution is 6.32. The summed E-state index contributed by atoms with van der Waals surface area (Å²) in [5.74, 6) is 0.162. The standard InChI is InChI=1S/C17H16BF3N2O2/c18-13-3-1-11(10-24)15(7-13)23-6-5-14(9-23)25-16-4-2-12(8-22-16)17(19,20)21/h1-4,7-8,14,24H,5-6,9-10H2. The molecule has 1 atom stereocenters. The van der Waals surface area contributed by atoms with Crippen molar-refractivity contribution in [2.45, 2.75) is 25.3 Å². The van der Waals surface area contributed by atoms with E-state index in [0.29, 0.717) is 25.0 Å². The van der Waals surface area contributed by atoms with Crippen molar-refractivity contribution in [3.05, 3.63) is 47.7 Å². The maximum Gasteiger partial charge on any atom is 0.417 e. The second kappa shape index (κ2) is 6.96. The van der Waals surface area contributed by atoms with Gasteiger partial charge in [-0.25, -0.2) is 4.98 Å². The van der Waals surface area contributed by atoms with Gasteiger partial charge in [-0.05, 0) is 12.1 Å². The molecule has 1 unspecified atom stereocenters. The van der Waals surface area contributed by atoms with Crippen LogP contribution in [0.1, 0.15) is 17.5 Å². The molecule has 3 rings (SSSR count). The zero-order chi connectivity index (χ0) is 18.0. The molecule has 4 nitrogen and oxygen atoms in total. The van der Waals surface area contributed by atoms with Gasteiger partial charge in [-0.1, -0.05) is 17.6 Å². The average Bonchev–Trinajstić information content (AvgIpc) is 3.03. The van der Waals surface area contributed by atoms with Crippen LogP contribution in [0.5, 0.6) is 5.88 Å². The first kappa shape index (κ1) is 17.6. The van der Waals surface area contributed by atoms with Crippen LogP contribution in [0.25, 0.3) is 0 Å². The number of rotatable bonds is 4. The van der Waals surface area contributed by atoms with Gasteiger partial charge in [0.05, 0.1) is 18.7 Å². The third-order valence-electron chi connectivity index (χ3n) is 4.12. The summed E-state index contributed by atoms with van der Waals surface area (Å²) in [4.78, 5) is 5.77. The van der Waals surface area contributed by atoms with Crippen molar-refractivity contribution in [2.24, 2.45) is 0 Å². The number of alkyl halides is 3. The molecule has 1 aliphatic rings. The Kier molecular flexibility index (Phi) is 4.90. The van der Waals surface area contributed by atoms with Crippen LogP contribution < -0.4 is 15.1 Å². The number of nitrogens with zero attached hydrogens (tertiary/aromatic N) is 2. The Hall–Kier alpha value is -2.22. The van der Waals surface area contributed by atoms with E-state index < -0.39 is 11.7 Å². The van der Waals surface area contributed by atoms with Crippen molar-refractivity contribution in [2.75, 3.05) is 18.0 Å². The van der Waals surface area contributed by atoms with Gasteiger partial charge < -0.3 is 14.7 Å². The second-order valence-electron chi connectivity index (χ2n) is 5.90. The van der Waals surface area contributed by atoms with Crippen molar-refractivity contribution in [1.82, 2.24) is 4.98 Å². The lowest BCUT2D eigenvalue weighted by molar-refractivity contribution is -0.137. The number of aromatic nitrogens is 1. The van der Waals surface area contributed by atoms with Crippen LogP contribution in [0.15, 0.2) is 36.5 Å². The van der Waals surface area contributed by atoms with E-state index >= 15 is 0 Å². The number of hydrogen-bond donors (Lipinski definition) is 1. The summed E-state index contributed by atoms with van der Waals surface area (Å²) in [6, 6.07) is 7.48. The molecule has 1 aliphatic heterocycles. The molecule has 130 valence electrons. The van der Waals surface area contributed by atoms with Crippen LogP contribution in [0.4, 0.5) is 18.9 Å². The van der Waals surface area contributed by atoms with Gasteiger partial charge in [0.1, 0.15) is 14.0 Å². The molecule has 0 saturated carbocycles. The van der Waals surface area contributed by atoms with Gasteiger partial charge in [0.15, 0.2) is 0 Å². The maximum atomic E-state index is 12.5. The molecule has 1 aromatic carbocycles. The minimum atomic E-state index is -4.41. The van der Waals surface area contributed by atoms with Gasteiger partial charge in [-0.15, -0.1) is 0 Å². The Labute approximate surface area is 144 Å². The molecule has 1 N–H and O–H groups in total. The van der Waals surface area contributed by atoms with Crippen LogP contribution in [-0.4, -0.2) is 37.1 Å². The lowest BCUT2D eigenvalue weighted by Crippen LogP contribution is -2.26. The van der Waals surface area contributed by atoms with E-state index in [0.717, 1.165) is 23.5 Å². The molecular weight excluding hydrogens is 332 g/mol. The van der Waals surface area contributed by atoms with Gasteiger partial charge in [-0.2, -0.15) is 13.2 Å². The Morgan fingerprint density at radius 2 is 2.08 bits per heavy atom. The lowest BCUT2D eigenvalue weighted by Gasteiger charge is -2.22. The molecule has 1 saturated heterocycles. The highest BCUT2D eigenvalue weighted by atomic mass is 19.4. The summed E-state index contributed by atoms with van der Waals surface area (Å²) in [7, 11) is 5.82. The van der Waals surface area contributed by atoms with E-state index in [9.17, 15) is 18.3 Å². The molecule has 0 aliphatic carbocycles. The van der Waals surface area contributed by atoms with Gasteiger partial charge in [0.25, 0.3) is 0 Å². The first-order valence-corrected chi connectivity index (χ1v) is 7.81. The van der Waals surface area contributed by atoms with E-state index in [1.807, 2.05) is 4.90 Å². The van der Waals surface area contributed by atoms with Gasteiger partial charge >= 0.3 is 6.18 Å². The van der Waals surface area contributed by atoms with E-state index in [-0.39, 0.29) is 18.6 Å². The minimum absolute atomic E-state index is 0.0991. The van der Waals surface area contributed by atoms with E-state index in [2.05, 4.69) is 4.98 Å². The molecule has 1 aromatic heterocycles. The van der Waals surface area contributed by atoms with E-state index in [4.69, 9.17) is 12.6 Å². The highest BCUT2D eigenvalue weighted by Gasteiger charge is 2.31. The quantitative estimate of drug-likeness (QED) is 0.860. The molecule has 25 heavy (non-hydrogen) atoms. The molecule has 0 amide bonds. The summed E-state index contributed by atoms with van der Waals surface area (Å²) in [6.45, 7) is 1.14. The van der Waals surface area contributed by atoms with Gasteiger partial charge in [-0.3, -0.25) is 0 Å². The lowest BCUT2D eigenvalue weighted by atomic mass is 9.94. The summed E-state index contributed by atoms with van der Waals surface area (Å²) in [5.41, 5.74) is 1.40. The topological polar surface area (TPSA) is 45.6 Å². The van der Waals surface area contributed by atoms with Crippen molar-refractivity contribution >= 4 is 19.0 Å². The SMILES string of the molecule is [B]c1ccc(CO)c(N2CCC(Oc3ccc(C(F)(F)F)cn3)C2)c1. The molecule has 2 aromatic rings. The number of benzene rings is 1. The Balaban J connectivity index is 1.66. The summed E-state index contributed by atoms with van der Waals surface area (Å²) in [5, 5.41) is 9.46. The van der Waals surface area contributed by atoms with Gasteiger partial charge in [0, 0.05) is 36.5 Å². The van der Waals surface area contributed by atoms with Crippen LogP contribution in [-0.2, 0) is 12.8 Å². The zero-order valence-electron chi connectivity index (χ0n) is 13.3. The summed E-state index contributed by atoms with van der Waals surface area (Å²) in [6.07, 6.45) is -3.15.